The molecule has 0 aliphatic carbocycles. The van der Waals surface area contributed by atoms with E-state index >= 15 is 0 Å². The Hall–Kier alpha value is -2.96. The number of nitrogens with zero attached hydrogens (tertiary/aromatic N) is 3. The van der Waals surface area contributed by atoms with Crippen LogP contribution in [0.15, 0.2) is 66.9 Å². The van der Waals surface area contributed by atoms with E-state index in [1.165, 1.54) is 5.56 Å². The molecule has 0 spiro atoms. The van der Waals surface area contributed by atoms with E-state index in [0.29, 0.717) is 19.6 Å². The Morgan fingerprint density at radius 3 is 2.38 bits per heavy atom. The second kappa shape index (κ2) is 9.27. The normalized spacial score (nSPS) is 18.1. The zero-order valence-corrected chi connectivity index (χ0v) is 19.1. The van der Waals surface area contributed by atoms with Gasteiger partial charge >= 0.3 is 0 Å². The highest BCUT2D eigenvalue weighted by molar-refractivity contribution is 5.78. The molecule has 0 unspecified atom stereocenters. The summed E-state index contributed by atoms with van der Waals surface area (Å²) in [6.45, 7) is 8.05. The molecule has 0 radical (unpaired) electrons. The van der Waals surface area contributed by atoms with Crippen LogP contribution in [0.2, 0.25) is 0 Å². The maximum absolute atomic E-state index is 13.0. The van der Waals surface area contributed by atoms with Gasteiger partial charge in [-0.05, 0) is 11.0 Å². The number of nitrogens with two attached hydrogens (primary N) is 1. The fraction of sp³-hybridized carbons (Fsp3) is 0.385. The number of amides is 1. The van der Waals surface area contributed by atoms with E-state index in [1.807, 2.05) is 41.3 Å². The van der Waals surface area contributed by atoms with Gasteiger partial charge in [0, 0.05) is 31.4 Å². The van der Waals surface area contributed by atoms with E-state index in [2.05, 4.69) is 55.8 Å². The van der Waals surface area contributed by atoms with Crippen LogP contribution in [0.3, 0.4) is 0 Å². The fourth-order valence-electron chi connectivity index (χ4n) is 4.34. The highest BCUT2D eigenvalue weighted by Gasteiger charge is 2.41. The smallest absolute Gasteiger partial charge is 0.249 e. The van der Waals surface area contributed by atoms with Crippen molar-refractivity contribution in [3.05, 3.63) is 78.2 Å². The van der Waals surface area contributed by atoms with Crippen molar-refractivity contribution in [2.75, 3.05) is 19.7 Å². The summed E-state index contributed by atoms with van der Waals surface area (Å²) in [6, 6.07) is 20.3. The summed E-state index contributed by atoms with van der Waals surface area (Å²) in [4.78, 5) is 20.0. The lowest BCUT2D eigenvalue weighted by Gasteiger charge is -2.43. The van der Waals surface area contributed by atoms with E-state index in [4.69, 9.17) is 15.5 Å². The summed E-state index contributed by atoms with van der Waals surface area (Å²) in [6.07, 6.45) is 1.94. The Morgan fingerprint density at radius 2 is 1.75 bits per heavy atom. The minimum absolute atomic E-state index is 0.0230. The molecule has 1 aromatic heterocycles. The number of carbonyl (C=O) groups excluding carboxylic acids is 1. The van der Waals surface area contributed by atoms with Crippen molar-refractivity contribution >= 4 is 5.91 Å². The average molecular weight is 433 g/mol. The zero-order chi connectivity index (χ0) is 22.7. The van der Waals surface area contributed by atoms with Crippen molar-refractivity contribution in [1.29, 1.82) is 0 Å². The Balaban J connectivity index is 1.81. The lowest BCUT2D eigenvalue weighted by atomic mass is 9.84. The van der Waals surface area contributed by atoms with Crippen molar-refractivity contribution in [2.45, 2.75) is 39.5 Å². The van der Waals surface area contributed by atoms with E-state index in [-0.39, 0.29) is 30.1 Å². The molecule has 32 heavy (non-hydrogen) atoms. The molecule has 0 saturated carbocycles. The number of hydrogen-bond donors (Lipinski definition) is 1. The molecule has 2 atom stereocenters. The molecule has 2 N–H and O–H groups in total. The number of aromatic nitrogens is 2. The highest BCUT2D eigenvalue weighted by atomic mass is 16.5. The minimum atomic E-state index is -0.236. The summed E-state index contributed by atoms with van der Waals surface area (Å²) in [5.74, 6) is 0.858. The maximum atomic E-state index is 13.0. The van der Waals surface area contributed by atoms with Gasteiger partial charge in [-0.1, -0.05) is 81.4 Å². The van der Waals surface area contributed by atoms with Crippen LogP contribution < -0.4 is 5.73 Å². The van der Waals surface area contributed by atoms with Gasteiger partial charge in [-0.15, -0.1) is 0 Å². The molecule has 0 bridgehead atoms. The first kappa shape index (κ1) is 22.2. The average Bonchev–Trinajstić information content (AvgIpc) is 3.18. The van der Waals surface area contributed by atoms with Gasteiger partial charge in [0.15, 0.2) is 0 Å². The first-order valence-corrected chi connectivity index (χ1v) is 11.1. The summed E-state index contributed by atoms with van der Waals surface area (Å²) in [7, 11) is 0. The standard InChI is InChI=1S/C26H32N4O2/c1-26(2,3)24(30-16-21(14-27)32-18-23(30)31)25-28-22(20-12-8-5-9-13-20)17-29(25)15-19-10-6-4-7-11-19/h4-13,17,21,24H,14-16,18,27H2,1-3H3/t21-,24+/m1/s1. The fourth-order valence-corrected chi connectivity index (χ4v) is 4.34. The third-order valence-corrected chi connectivity index (χ3v) is 5.88. The van der Waals surface area contributed by atoms with Crippen LogP contribution in [0.5, 0.6) is 0 Å². The molecule has 2 heterocycles. The molecule has 4 rings (SSSR count). The Bertz CT molecular complexity index is 1040. The van der Waals surface area contributed by atoms with Gasteiger partial charge in [0.05, 0.1) is 17.8 Å². The molecule has 1 aliphatic heterocycles. The molecular formula is C26H32N4O2. The molecule has 1 aliphatic rings. The van der Waals surface area contributed by atoms with Gasteiger partial charge in [0.2, 0.25) is 5.91 Å². The maximum Gasteiger partial charge on any atom is 0.249 e. The monoisotopic (exact) mass is 432 g/mol. The summed E-state index contributed by atoms with van der Waals surface area (Å²) in [5, 5.41) is 0. The number of benzene rings is 2. The van der Waals surface area contributed by atoms with Crippen LogP contribution in [-0.4, -0.2) is 46.2 Å². The number of carbonyl (C=O) groups is 1. The molecule has 1 saturated heterocycles. The molecule has 1 fully saturated rings. The molecule has 168 valence electrons. The molecule has 3 aromatic rings. The van der Waals surface area contributed by atoms with E-state index in [0.717, 1.165) is 17.1 Å². The van der Waals surface area contributed by atoms with Gasteiger partial charge < -0.3 is 19.9 Å². The summed E-state index contributed by atoms with van der Waals surface area (Å²) >= 11 is 0. The lowest BCUT2D eigenvalue weighted by molar-refractivity contribution is -0.155. The number of imidazole rings is 1. The number of hydrogen-bond acceptors (Lipinski definition) is 4. The van der Waals surface area contributed by atoms with E-state index in [9.17, 15) is 4.79 Å². The number of ether oxygens (including phenoxy) is 1. The van der Waals surface area contributed by atoms with E-state index < -0.39 is 0 Å². The van der Waals surface area contributed by atoms with Crippen LogP contribution in [0.25, 0.3) is 11.3 Å². The van der Waals surface area contributed by atoms with Crippen LogP contribution in [-0.2, 0) is 16.1 Å². The van der Waals surface area contributed by atoms with Crippen molar-refractivity contribution in [3.63, 3.8) is 0 Å². The minimum Gasteiger partial charge on any atom is -0.365 e. The van der Waals surface area contributed by atoms with Crippen molar-refractivity contribution < 1.29 is 9.53 Å². The van der Waals surface area contributed by atoms with Gasteiger partial charge in [0.25, 0.3) is 0 Å². The first-order valence-electron chi connectivity index (χ1n) is 11.1. The quantitative estimate of drug-likeness (QED) is 0.642. The number of rotatable bonds is 6. The topological polar surface area (TPSA) is 73.4 Å². The Kier molecular flexibility index (Phi) is 6.44. The van der Waals surface area contributed by atoms with Crippen molar-refractivity contribution in [2.24, 2.45) is 11.1 Å². The SMILES string of the molecule is CC(C)(C)[C@H](c1nc(-c2ccccc2)cn1Cc1ccccc1)N1C[C@@H](CN)OCC1=O. The third-order valence-electron chi connectivity index (χ3n) is 5.88. The first-order chi connectivity index (χ1) is 15.4. The van der Waals surface area contributed by atoms with Crippen LogP contribution in [0.1, 0.15) is 38.2 Å². The van der Waals surface area contributed by atoms with E-state index in [1.54, 1.807) is 0 Å². The summed E-state index contributed by atoms with van der Waals surface area (Å²) in [5.41, 5.74) is 8.80. The number of morpholine rings is 1. The molecular weight excluding hydrogens is 400 g/mol. The Morgan fingerprint density at radius 1 is 1.09 bits per heavy atom. The van der Waals surface area contributed by atoms with Crippen molar-refractivity contribution in [3.8, 4) is 11.3 Å². The molecule has 6 nitrogen and oxygen atoms in total. The van der Waals surface area contributed by atoms with Gasteiger partial charge in [-0.2, -0.15) is 0 Å². The van der Waals surface area contributed by atoms with Gasteiger partial charge in [-0.3, -0.25) is 4.79 Å². The largest absolute Gasteiger partial charge is 0.365 e. The van der Waals surface area contributed by atoms with Crippen LogP contribution >= 0.6 is 0 Å². The van der Waals surface area contributed by atoms with Gasteiger partial charge in [0.1, 0.15) is 12.4 Å². The predicted octanol–water partition coefficient (Wildman–Crippen LogP) is 3.87. The predicted molar refractivity (Wildman–Crippen MR) is 126 cm³/mol. The third kappa shape index (κ3) is 4.76. The zero-order valence-electron chi connectivity index (χ0n) is 19.1. The second-order valence-corrected chi connectivity index (χ2v) is 9.45. The molecule has 6 heteroatoms. The highest BCUT2D eigenvalue weighted by Crippen LogP contribution is 2.40. The Labute approximate surface area is 190 Å². The van der Waals surface area contributed by atoms with Crippen LogP contribution in [0.4, 0.5) is 0 Å². The van der Waals surface area contributed by atoms with Gasteiger partial charge in [-0.25, -0.2) is 4.98 Å². The van der Waals surface area contributed by atoms with Crippen molar-refractivity contribution in [1.82, 2.24) is 14.5 Å². The van der Waals surface area contributed by atoms with Crippen LogP contribution in [0, 0.1) is 5.41 Å². The second-order valence-electron chi connectivity index (χ2n) is 9.45. The summed E-state index contributed by atoms with van der Waals surface area (Å²) < 4.78 is 7.81. The molecule has 2 aromatic carbocycles. The lowest BCUT2D eigenvalue weighted by Crippen LogP contribution is -2.53. The molecule has 1 amide bonds.